The summed E-state index contributed by atoms with van der Waals surface area (Å²) in [5, 5.41) is 3.58. The molecule has 1 atom stereocenters. The van der Waals surface area contributed by atoms with Gasteiger partial charge in [-0.3, -0.25) is 4.79 Å². The summed E-state index contributed by atoms with van der Waals surface area (Å²) in [5.41, 5.74) is 6.01. The Labute approximate surface area is 184 Å². The maximum Gasteiger partial charge on any atom is 0.315 e. The Kier molecular flexibility index (Phi) is 4.66. The topological polar surface area (TPSA) is 54.5 Å². The van der Waals surface area contributed by atoms with Crippen molar-refractivity contribution in [1.29, 1.82) is 0 Å². The number of aryl methyl sites for hydroxylation is 1. The predicted molar refractivity (Wildman–Crippen MR) is 122 cm³/mol. The normalized spacial score (nSPS) is 21.6. The van der Waals surface area contributed by atoms with Gasteiger partial charge in [0.05, 0.1) is 6.42 Å². The van der Waals surface area contributed by atoms with E-state index >= 15 is 0 Å². The Balaban J connectivity index is 1.28. The van der Waals surface area contributed by atoms with E-state index < -0.39 is 0 Å². The van der Waals surface area contributed by atoms with Crippen molar-refractivity contribution < 1.29 is 9.53 Å². The van der Waals surface area contributed by atoms with E-state index in [0.29, 0.717) is 18.1 Å². The summed E-state index contributed by atoms with van der Waals surface area (Å²) in [6, 6.07) is 8.41. The first-order valence-corrected chi connectivity index (χ1v) is 12.0. The Bertz CT molecular complexity index is 1010. The minimum atomic E-state index is -0.165. The summed E-state index contributed by atoms with van der Waals surface area (Å²) in [5.74, 6) is 3.98. The lowest BCUT2D eigenvalue weighted by Crippen LogP contribution is -2.30. The zero-order valence-corrected chi connectivity index (χ0v) is 18.3. The molecule has 6 rings (SSSR count). The first kappa shape index (κ1) is 19.1. The third kappa shape index (κ3) is 4.02. The molecule has 0 bridgehead atoms. The van der Waals surface area contributed by atoms with Crippen LogP contribution in [0.3, 0.4) is 0 Å². The SMILES string of the molecule is CC1CCc2cc(CNc3ccc4c(c3)OC(=O)C4)c(N(CC3CC3)CC3CC3)nc21. The van der Waals surface area contributed by atoms with E-state index in [1.165, 1.54) is 54.7 Å². The van der Waals surface area contributed by atoms with Crippen molar-refractivity contribution in [2.75, 3.05) is 23.3 Å². The van der Waals surface area contributed by atoms with Crippen LogP contribution < -0.4 is 15.0 Å². The summed E-state index contributed by atoms with van der Waals surface area (Å²) >= 11 is 0. The smallest absolute Gasteiger partial charge is 0.315 e. The van der Waals surface area contributed by atoms with Gasteiger partial charge in [0, 0.05) is 48.2 Å². The zero-order valence-electron chi connectivity index (χ0n) is 18.3. The van der Waals surface area contributed by atoms with Gasteiger partial charge < -0.3 is 15.0 Å². The van der Waals surface area contributed by atoms with Crippen LogP contribution in [0.1, 0.15) is 67.3 Å². The lowest BCUT2D eigenvalue weighted by atomic mass is 10.1. The number of ether oxygens (including phenoxy) is 1. The number of hydrogen-bond donors (Lipinski definition) is 1. The molecule has 2 fully saturated rings. The number of benzene rings is 1. The number of carbonyl (C=O) groups excluding carboxylic acids is 1. The highest BCUT2D eigenvalue weighted by atomic mass is 16.5. The molecule has 1 unspecified atom stereocenters. The Morgan fingerprint density at radius 2 is 1.84 bits per heavy atom. The second-order valence-electron chi connectivity index (χ2n) is 10.1. The van der Waals surface area contributed by atoms with Crippen LogP contribution in [0.25, 0.3) is 0 Å². The minimum absolute atomic E-state index is 0.165. The lowest BCUT2D eigenvalue weighted by molar-refractivity contribution is -0.131. The molecule has 162 valence electrons. The molecule has 1 aromatic carbocycles. The fraction of sp³-hybridized carbons (Fsp3) is 0.538. The van der Waals surface area contributed by atoms with E-state index in [1.807, 2.05) is 12.1 Å². The first-order chi connectivity index (χ1) is 15.1. The summed E-state index contributed by atoms with van der Waals surface area (Å²) < 4.78 is 5.34. The molecular formula is C26H31N3O2. The molecule has 2 aromatic rings. The van der Waals surface area contributed by atoms with Crippen molar-refractivity contribution in [2.45, 2.75) is 64.3 Å². The van der Waals surface area contributed by atoms with Gasteiger partial charge in [-0.1, -0.05) is 13.0 Å². The molecule has 0 saturated heterocycles. The molecule has 31 heavy (non-hydrogen) atoms. The fourth-order valence-corrected chi connectivity index (χ4v) is 5.03. The van der Waals surface area contributed by atoms with Crippen LogP contribution in [-0.2, 0) is 24.2 Å². The third-order valence-corrected chi connectivity index (χ3v) is 7.26. The number of fused-ring (bicyclic) bond motifs is 2. The molecule has 2 heterocycles. The molecule has 3 aliphatic carbocycles. The number of nitrogens with one attached hydrogen (secondary N) is 1. The first-order valence-electron chi connectivity index (χ1n) is 12.0. The molecule has 1 aliphatic heterocycles. The van der Waals surface area contributed by atoms with Gasteiger partial charge in [-0.05, 0) is 74.0 Å². The van der Waals surface area contributed by atoms with Crippen LogP contribution in [0.15, 0.2) is 24.3 Å². The van der Waals surface area contributed by atoms with Gasteiger partial charge in [0.1, 0.15) is 11.6 Å². The summed E-state index contributed by atoms with van der Waals surface area (Å²) in [7, 11) is 0. The highest BCUT2D eigenvalue weighted by Crippen LogP contribution is 2.39. The van der Waals surface area contributed by atoms with E-state index in [9.17, 15) is 4.79 Å². The highest BCUT2D eigenvalue weighted by Gasteiger charge is 2.32. The van der Waals surface area contributed by atoms with Crippen molar-refractivity contribution >= 4 is 17.5 Å². The monoisotopic (exact) mass is 417 g/mol. The zero-order chi connectivity index (χ0) is 20.9. The summed E-state index contributed by atoms with van der Waals surface area (Å²) in [4.78, 5) is 19.5. The number of hydrogen-bond acceptors (Lipinski definition) is 5. The fourth-order valence-electron chi connectivity index (χ4n) is 5.03. The van der Waals surface area contributed by atoms with Crippen molar-refractivity contribution in [2.24, 2.45) is 11.8 Å². The van der Waals surface area contributed by atoms with Crippen LogP contribution in [0, 0.1) is 11.8 Å². The number of anilines is 2. The highest BCUT2D eigenvalue weighted by molar-refractivity contribution is 5.81. The molecule has 0 amide bonds. The second-order valence-corrected chi connectivity index (χ2v) is 10.1. The van der Waals surface area contributed by atoms with Gasteiger partial charge in [0.15, 0.2) is 0 Å². The maximum atomic E-state index is 11.6. The molecule has 2 saturated carbocycles. The van der Waals surface area contributed by atoms with Crippen LogP contribution in [-0.4, -0.2) is 24.0 Å². The Hall–Kier alpha value is -2.56. The number of pyridine rings is 1. The number of carbonyl (C=O) groups is 1. The molecule has 5 nitrogen and oxygen atoms in total. The average molecular weight is 418 g/mol. The molecular weight excluding hydrogens is 386 g/mol. The van der Waals surface area contributed by atoms with Crippen molar-refractivity contribution in [3.63, 3.8) is 0 Å². The quantitative estimate of drug-likeness (QED) is 0.492. The number of aromatic nitrogens is 1. The number of rotatable bonds is 8. The van der Waals surface area contributed by atoms with Crippen LogP contribution in [0.5, 0.6) is 5.75 Å². The van der Waals surface area contributed by atoms with E-state index in [0.717, 1.165) is 49.1 Å². The molecule has 4 aliphatic rings. The van der Waals surface area contributed by atoms with Crippen molar-refractivity contribution in [1.82, 2.24) is 4.98 Å². The number of nitrogens with zero attached hydrogens (tertiary/aromatic N) is 2. The lowest BCUT2D eigenvalue weighted by Gasteiger charge is -2.27. The second kappa shape index (κ2) is 7.54. The van der Waals surface area contributed by atoms with E-state index in [-0.39, 0.29) is 5.97 Å². The molecule has 0 radical (unpaired) electrons. The van der Waals surface area contributed by atoms with Gasteiger partial charge >= 0.3 is 5.97 Å². The van der Waals surface area contributed by atoms with Crippen LogP contribution in [0.2, 0.25) is 0 Å². The third-order valence-electron chi connectivity index (χ3n) is 7.26. The Morgan fingerprint density at radius 3 is 2.58 bits per heavy atom. The van der Waals surface area contributed by atoms with Gasteiger partial charge in [-0.2, -0.15) is 0 Å². The molecule has 1 N–H and O–H groups in total. The maximum absolute atomic E-state index is 11.6. The van der Waals surface area contributed by atoms with Gasteiger partial charge in [-0.15, -0.1) is 0 Å². The van der Waals surface area contributed by atoms with Gasteiger partial charge in [0.25, 0.3) is 0 Å². The predicted octanol–water partition coefficient (Wildman–Crippen LogP) is 4.83. The van der Waals surface area contributed by atoms with Gasteiger partial charge in [-0.25, -0.2) is 4.98 Å². The summed E-state index contributed by atoms with van der Waals surface area (Å²) in [6.07, 6.45) is 8.18. The largest absolute Gasteiger partial charge is 0.426 e. The molecule has 1 aromatic heterocycles. The van der Waals surface area contributed by atoms with Crippen LogP contribution >= 0.6 is 0 Å². The van der Waals surface area contributed by atoms with Crippen molar-refractivity contribution in [3.8, 4) is 5.75 Å². The molecule has 5 heteroatoms. The minimum Gasteiger partial charge on any atom is -0.426 e. The number of esters is 1. The van der Waals surface area contributed by atoms with E-state index in [1.54, 1.807) is 0 Å². The van der Waals surface area contributed by atoms with Gasteiger partial charge in [0.2, 0.25) is 0 Å². The van der Waals surface area contributed by atoms with Crippen molar-refractivity contribution in [3.05, 3.63) is 46.6 Å². The van der Waals surface area contributed by atoms with E-state index in [2.05, 4.69) is 29.3 Å². The average Bonchev–Trinajstić information content (AvgIpc) is 3.68. The standard InChI is InChI=1S/C26H31N3O2/c1-16-2-7-20-10-21(13-27-22-9-8-19-11-24(30)31-23(19)12-22)26(28-25(16)20)29(14-17-3-4-17)15-18-5-6-18/h8-10,12,16-18,27H,2-7,11,13-15H2,1H3. The molecule has 0 spiro atoms. The van der Waals surface area contributed by atoms with E-state index in [4.69, 9.17) is 9.72 Å². The summed E-state index contributed by atoms with van der Waals surface area (Å²) in [6.45, 7) is 5.36. The van der Waals surface area contributed by atoms with Crippen LogP contribution in [0.4, 0.5) is 11.5 Å². The Morgan fingerprint density at radius 1 is 1.06 bits per heavy atom.